The summed E-state index contributed by atoms with van der Waals surface area (Å²) in [5, 5.41) is 11.7. The molecule has 0 aliphatic rings. The summed E-state index contributed by atoms with van der Waals surface area (Å²) in [6, 6.07) is 0. The number of unbranched alkanes of at least 4 members (excludes halogenated alkanes) is 38. The molecule has 2 atom stereocenters. The summed E-state index contributed by atoms with van der Waals surface area (Å²) < 4.78 is 22.6. The second kappa shape index (κ2) is 59.4. The fourth-order valence-electron chi connectivity index (χ4n) is 9.61. The molecule has 77 heavy (non-hydrogen) atoms. The highest BCUT2D eigenvalue weighted by atomic mass is 16.7. The molecule has 0 fully saturated rings. The Hall–Kier alpha value is -2.75. The Kier molecular flexibility index (Phi) is 57.3. The van der Waals surface area contributed by atoms with Crippen molar-refractivity contribution in [1.82, 2.24) is 0 Å². The molecule has 0 aliphatic carbocycles. The zero-order chi connectivity index (χ0) is 56.2. The van der Waals surface area contributed by atoms with E-state index in [0.717, 1.165) is 44.9 Å². The Morgan fingerprint density at radius 2 is 0.740 bits per heavy atom. The van der Waals surface area contributed by atoms with Gasteiger partial charge in [0.05, 0.1) is 40.3 Å². The van der Waals surface area contributed by atoms with Crippen LogP contribution < -0.4 is 5.11 Å². The highest BCUT2D eigenvalue weighted by molar-refractivity contribution is 5.70. The van der Waals surface area contributed by atoms with Gasteiger partial charge in [0, 0.05) is 12.8 Å². The van der Waals surface area contributed by atoms with Crippen LogP contribution in [0.15, 0.2) is 48.6 Å². The van der Waals surface area contributed by atoms with Crippen LogP contribution in [0.25, 0.3) is 0 Å². The van der Waals surface area contributed by atoms with Gasteiger partial charge in [0.2, 0.25) is 0 Å². The van der Waals surface area contributed by atoms with E-state index in [4.69, 9.17) is 18.9 Å². The molecule has 0 saturated heterocycles. The third-order valence-corrected chi connectivity index (χ3v) is 14.6. The second-order valence-electron chi connectivity index (χ2n) is 23.4. The van der Waals surface area contributed by atoms with Crippen LogP contribution in [0.3, 0.4) is 0 Å². The number of carboxylic acids is 1. The third kappa shape index (κ3) is 60.7. The third-order valence-electron chi connectivity index (χ3n) is 14.6. The molecule has 9 heteroatoms. The van der Waals surface area contributed by atoms with Crippen LogP contribution in [0.4, 0.5) is 0 Å². The van der Waals surface area contributed by atoms with E-state index in [-0.39, 0.29) is 38.6 Å². The Morgan fingerprint density at radius 3 is 1.08 bits per heavy atom. The molecule has 0 spiro atoms. The molecule has 0 aliphatic heterocycles. The standard InChI is InChI=1S/C68H125NO8/c1-6-8-10-12-14-16-18-20-21-22-23-24-25-26-27-28-29-30-31-32-33-34-35-36-37-38-39-40-41-42-43-44-45-47-48-50-52-54-56-58-65(70)75-62-64(63-76-68(67(72)73)74-61-60-69(3,4)5)77-66(71)59-57-55-53-51-49-46-19-17-15-13-11-9-7-2/h9,11,15,17,46,49,53,55,64,68H,6-8,10,12-14,16,18-45,47-48,50-52,54,56-63H2,1-5H3/b11-9-,17-15-,49-46-,55-53-. The van der Waals surface area contributed by atoms with Crippen LogP contribution in [-0.4, -0.2) is 82.3 Å². The van der Waals surface area contributed by atoms with Crippen LogP contribution >= 0.6 is 0 Å². The first-order valence-corrected chi connectivity index (χ1v) is 32.8. The summed E-state index contributed by atoms with van der Waals surface area (Å²) in [6.07, 6.45) is 72.6. The Balaban J connectivity index is 3.90. The summed E-state index contributed by atoms with van der Waals surface area (Å²) in [5.74, 6) is -2.38. The number of hydrogen-bond acceptors (Lipinski definition) is 8. The lowest BCUT2D eigenvalue weighted by molar-refractivity contribution is -0.870. The molecular weight excluding hydrogens is 959 g/mol. The average molecular weight is 1080 g/mol. The van der Waals surface area contributed by atoms with E-state index in [1.165, 1.54) is 231 Å². The summed E-state index contributed by atoms with van der Waals surface area (Å²) in [5.41, 5.74) is 0. The van der Waals surface area contributed by atoms with E-state index in [1.54, 1.807) is 0 Å². The van der Waals surface area contributed by atoms with Crippen molar-refractivity contribution < 1.29 is 42.9 Å². The van der Waals surface area contributed by atoms with Crippen molar-refractivity contribution in [2.75, 3.05) is 47.5 Å². The lowest BCUT2D eigenvalue weighted by atomic mass is 10.0. The molecular formula is C68H125NO8. The fourth-order valence-corrected chi connectivity index (χ4v) is 9.61. The van der Waals surface area contributed by atoms with Gasteiger partial charge in [-0.3, -0.25) is 9.59 Å². The zero-order valence-corrected chi connectivity index (χ0v) is 51.3. The van der Waals surface area contributed by atoms with Crippen molar-refractivity contribution in [2.45, 2.75) is 322 Å². The minimum absolute atomic E-state index is 0.127. The number of quaternary nitrogens is 1. The van der Waals surface area contributed by atoms with Crippen LogP contribution in [0, 0.1) is 0 Å². The first kappa shape index (κ1) is 74.2. The van der Waals surface area contributed by atoms with E-state index in [2.05, 4.69) is 50.3 Å². The number of rotatable bonds is 61. The molecule has 0 aromatic rings. The maximum absolute atomic E-state index is 12.8. The number of likely N-dealkylation sites (N-methyl/N-ethyl adjacent to an activating group) is 1. The molecule has 0 aromatic heterocycles. The Bertz CT molecular complexity index is 1400. The summed E-state index contributed by atoms with van der Waals surface area (Å²) in [4.78, 5) is 37.2. The lowest BCUT2D eigenvalue weighted by Gasteiger charge is -2.26. The van der Waals surface area contributed by atoms with E-state index >= 15 is 0 Å². The number of aliphatic carboxylic acids is 1. The maximum Gasteiger partial charge on any atom is 0.306 e. The molecule has 0 saturated carbocycles. The minimum atomic E-state index is -1.64. The van der Waals surface area contributed by atoms with Crippen molar-refractivity contribution >= 4 is 17.9 Å². The number of allylic oxidation sites excluding steroid dienone is 8. The van der Waals surface area contributed by atoms with E-state index in [9.17, 15) is 19.5 Å². The van der Waals surface area contributed by atoms with Gasteiger partial charge in [-0.1, -0.05) is 306 Å². The highest BCUT2D eigenvalue weighted by Gasteiger charge is 2.22. The van der Waals surface area contributed by atoms with Gasteiger partial charge < -0.3 is 33.3 Å². The monoisotopic (exact) mass is 1080 g/mol. The van der Waals surface area contributed by atoms with Crippen LogP contribution in [0.5, 0.6) is 0 Å². The van der Waals surface area contributed by atoms with Gasteiger partial charge in [-0.05, 0) is 38.5 Å². The van der Waals surface area contributed by atoms with Crippen molar-refractivity contribution in [2.24, 2.45) is 0 Å². The molecule has 0 aromatic carbocycles. The van der Waals surface area contributed by atoms with Gasteiger partial charge in [-0.2, -0.15) is 0 Å². The normalized spacial score (nSPS) is 13.0. The number of hydrogen-bond donors (Lipinski definition) is 0. The Morgan fingerprint density at radius 1 is 0.403 bits per heavy atom. The highest BCUT2D eigenvalue weighted by Crippen LogP contribution is 2.18. The van der Waals surface area contributed by atoms with Crippen molar-refractivity contribution in [1.29, 1.82) is 0 Å². The zero-order valence-electron chi connectivity index (χ0n) is 51.3. The predicted octanol–water partition coefficient (Wildman–Crippen LogP) is 18.5. The van der Waals surface area contributed by atoms with E-state index in [1.807, 2.05) is 33.3 Å². The molecule has 0 rings (SSSR count). The maximum atomic E-state index is 12.8. The van der Waals surface area contributed by atoms with E-state index in [0.29, 0.717) is 17.4 Å². The Labute approximate surface area is 476 Å². The second-order valence-corrected chi connectivity index (χ2v) is 23.4. The van der Waals surface area contributed by atoms with E-state index < -0.39 is 24.3 Å². The number of esters is 2. The first-order valence-electron chi connectivity index (χ1n) is 32.8. The largest absolute Gasteiger partial charge is 0.545 e. The van der Waals surface area contributed by atoms with Gasteiger partial charge in [0.1, 0.15) is 13.2 Å². The fraction of sp³-hybridized carbons (Fsp3) is 0.838. The minimum Gasteiger partial charge on any atom is -0.545 e. The number of carboxylic acid groups (broad SMARTS) is 1. The quantitative estimate of drug-likeness (QED) is 0.0195. The van der Waals surface area contributed by atoms with Crippen molar-refractivity contribution in [3.63, 3.8) is 0 Å². The summed E-state index contributed by atoms with van der Waals surface area (Å²) in [6.45, 7) is 4.58. The SMILES string of the molecule is CC/C=C\C/C=C\C/C=C\C/C=C\CCC(=O)OC(COC(=O)CCCCCCCCCCCCCCCCCCCCCCCCCCCCCCCCCCCCCCCCC)COC(OCC[N+](C)(C)C)C(=O)[O-]. The molecule has 450 valence electrons. The van der Waals surface area contributed by atoms with Crippen molar-refractivity contribution in [3.8, 4) is 0 Å². The lowest BCUT2D eigenvalue weighted by Crippen LogP contribution is -2.44. The smallest absolute Gasteiger partial charge is 0.306 e. The van der Waals surface area contributed by atoms with Gasteiger partial charge in [-0.25, -0.2) is 0 Å². The molecule has 0 amide bonds. The van der Waals surface area contributed by atoms with Crippen LogP contribution in [0.1, 0.15) is 309 Å². The molecule has 0 bridgehead atoms. The first-order chi connectivity index (χ1) is 37.6. The summed E-state index contributed by atoms with van der Waals surface area (Å²) in [7, 11) is 5.90. The molecule has 9 nitrogen and oxygen atoms in total. The number of carbonyl (C=O) groups is 3. The predicted molar refractivity (Wildman–Crippen MR) is 325 cm³/mol. The molecule has 0 heterocycles. The molecule has 0 radical (unpaired) electrons. The van der Waals surface area contributed by atoms with Gasteiger partial charge in [0.25, 0.3) is 0 Å². The van der Waals surface area contributed by atoms with Gasteiger partial charge >= 0.3 is 11.9 Å². The van der Waals surface area contributed by atoms with Crippen molar-refractivity contribution in [3.05, 3.63) is 48.6 Å². The topological polar surface area (TPSA) is 111 Å². The van der Waals surface area contributed by atoms with Gasteiger partial charge in [-0.15, -0.1) is 0 Å². The molecule has 0 N–H and O–H groups in total. The average Bonchev–Trinajstić information content (AvgIpc) is 3.40. The number of nitrogens with zero attached hydrogens (tertiary/aromatic N) is 1. The van der Waals surface area contributed by atoms with Gasteiger partial charge in [0.15, 0.2) is 12.4 Å². The number of carbonyl (C=O) groups excluding carboxylic acids is 3. The summed E-state index contributed by atoms with van der Waals surface area (Å²) >= 11 is 0. The van der Waals surface area contributed by atoms with Crippen LogP contribution in [-0.2, 0) is 33.3 Å². The number of ether oxygens (including phenoxy) is 4. The molecule has 2 unspecified atom stereocenters. The van der Waals surface area contributed by atoms with Crippen LogP contribution in [0.2, 0.25) is 0 Å².